The Kier molecular flexibility index (Phi) is 6.03. The predicted octanol–water partition coefficient (Wildman–Crippen LogP) is 4.25. The van der Waals surface area contributed by atoms with E-state index >= 15 is 0 Å². The molecule has 0 atom stereocenters. The summed E-state index contributed by atoms with van der Waals surface area (Å²) in [5.74, 6) is -1.95. The first-order valence-electron chi connectivity index (χ1n) is 9.28. The van der Waals surface area contributed by atoms with E-state index in [9.17, 15) is 14.4 Å². The van der Waals surface area contributed by atoms with Gasteiger partial charge in [-0.15, -0.1) is 0 Å². The summed E-state index contributed by atoms with van der Waals surface area (Å²) in [5, 5.41) is 2.76. The maximum absolute atomic E-state index is 13.1. The minimum atomic E-state index is -0.696. The zero-order valence-electron chi connectivity index (χ0n) is 16.4. The lowest BCUT2D eigenvalue weighted by atomic mass is 10.1. The minimum absolute atomic E-state index is 0.0235. The monoisotopic (exact) mass is 412 g/mol. The van der Waals surface area contributed by atoms with Gasteiger partial charge in [0.05, 0.1) is 17.4 Å². The van der Waals surface area contributed by atoms with Crippen molar-refractivity contribution in [3.63, 3.8) is 0 Å². The van der Waals surface area contributed by atoms with Crippen LogP contribution in [0.25, 0.3) is 0 Å². The van der Waals surface area contributed by atoms with E-state index in [1.807, 2.05) is 31.2 Å². The van der Waals surface area contributed by atoms with Gasteiger partial charge in [0.1, 0.15) is 10.7 Å². The zero-order valence-corrected chi connectivity index (χ0v) is 17.1. The van der Waals surface area contributed by atoms with E-state index in [-0.39, 0.29) is 28.1 Å². The molecule has 1 aliphatic heterocycles. The van der Waals surface area contributed by atoms with Crippen LogP contribution in [0.1, 0.15) is 36.7 Å². The van der Waals surface area contributed by atoms with Crippen LogP contribution in [0.4, 0.5) is 11.4 Å². The standard InChI is InChI=1S/C22H21ClN2O4/c1-4-14-9-5-7-11-16(14)24-19-18(23)20(26)25(21(19)27)17-12-8-6-10-15(17)22(28)29-13(2)3/h5-13,24H,4H2,1-3H3. The number of ether oxygens (including phenoxy) is 1. The summed E-state index contributed by atoms with van der Waals surface area (Å²) in [6, 6.07) is 13.7. The molecule has 1 heterocycles. The van der Waals surface area contributed by atoms with Crippen molar-refractivity contribution in [3.8, 4) is 0 Å². The van der Waals surface area contributed by atoms with Crippen LogP contribution in [0.2, 0.25) is 0 Å². The summed E-state index contributed by atoms with van der Waals surface area (Å²) in [7, 11) is 0. The third-order valence-corrected chi connectivity index (χ3v) is 4.74. The molecule has 0 fully saturated rings. The lowest BCUT2D eigenvalue weighted by molar-refractivity contribution is -0.120. The molecule has 2 amide bonds. The second-order valence-corrected chi connectivity index (χ2v) is 7.12. The largest absolute Gasteiger partial charge is 0.459 e. The summed E-state index contributed by atoms with van der Waals surface area (Å²) >= 11 is 6.22. The first-order chi connectivity index (χ1) is 13.8. The molecular weight excluding hydrogens is 392 g/mol. The van der Waals surface area contributed by atoms with Crippen LogP contribution in [0.5, 0.6) is 0 Å². The Balaban J connectivity index is 1.96. The summed E-state index contributed by atoms with van der Waals surface area (Å²) in [4.78, 5) is 39.2. The van der Waals surface area contributed by atoms with Gasteiger partial charge in [0.15, 0.2) is 0 Å². The number of halogens is 1. The van der Waals surface area contributed by atoms with Gasteiger partial charge in [0.25, 0.3) is 11.8 Å². The summed E-state index contributed by atoms with van der Waals surface area (Å²) in [5.41, 5.74) is 1.89. The Hall–Kier alpha value is -3.12. The van der Waals surface area contributed by atoms with E-state index < -0.39 is 17.8 Å². The highest BCUT2D eigenvalue weighted by atomic mass is 35.5. The van der Waals surface area contributed by atoms with Crippen molar-refractivity contribution in [2.24, 2.45) is 0 Å². The van der Waals surface area contributed by atoms with Crippen LogP contribution in [-0.2, 0) is 20.7 Å². The quantitative estimate of drug-likeness (QED) is 0.567. The number of hydrogen-bond acceptors (Lipinski definition) is 5. The van der Waals surface area contributed by atoms with Gasteiger partial charge < -0.3 is 10.1 Å². The normalized spacial score (nSPS) is 14.0. The van der Waals surface area contributed by atoms with Crippen molar-refractivity contribution in [2.75, 3.05) is 10.2 Å². The maximum Gasteiger partial charge on any atom is 0.340 e. The molecule has 1 aliphatic rings. The molecule has 0 spiro atoms. The Bertz CT molecular complexity index is 1010. The Labute approximate surface area is 174 Å². The lowest BCUT2D eigenvalue weighted by Crippen LogP contribution is -2.34. The highest BCUT2D eigenvalue weighted by Gasteiger charge is 2.40. The summed E-state index contributed by atoms with van der Waals surface area (Å²) in [6.45, 7) is 5.43. The van der Waals surface area contributed by atoms with Crippen molar-refractivity contribution in [1.29, 1.82) is 0 Å². The van der Waals surface area contributed by atoms with Gasteiger partial charge in [-0.3, -0.25) is 9.59 Å². The van der Waals surface area contributed by atoms with Crippen molar-refractivity contribution in [1.82, 2.24) is 0 Å². The number of carbonyl (C=O) groups is 3. The summed E-state index contributed by atoms with van der Waals surface area (Å²) in [6.07, 6.45) is 0.397. The highest BCUT2D eigenvalue weighted by molar-refractivity contribution is 6.53. The molecule has 150 valence electrons. The van der Waals surface area contributed by atoms with Crippen LogP contribution >= 0.6 is 11.6 Å². The minimum Gasteiger partial charge on any atom is -0.459 e. The summed E-state index contributed by atoms with van der Waals surface area (Å²) < 4.78 is 5.24. The Morgan fingerprint density at radius 2 is 1.72 bits per heavy atom. The zero-order chi connectivity index (χ0) is 21.1. The molecule has 6 nitrogen and oxygen atoms in total. The van der Waals surface area contributed by atoms with Crippen molar-refractivity contribution < 1.29 is 19.1 Å². The van der Waals surface area contributed by atoms with Crippen LogP contribution in [0.3, 0.4) is 0 Å². The van der Waals surface area contributed by atoms with E-state index in [1.54, 1.807) is 26.0 Å². The number of rotatable bonds is 6. The maximum atomic E-state index is 13.1. The second-order valence-electron chi connectivity index (χ2n) is 6.74. The number of anilines is 2. The van der Waals surface area contributed by atoms with Crippen molar-refractivity contribution in [2.45, 2.75) is 33.3 Å². The molecule has 2 aromatic carbocycles. The highest BCUT2D eigenvalue weighted by Crippen LogP contribution is 2.33. The number of para-hydroxylation sites is 2. The van der Waals surface area contributed by atoms with Crippen LogP contribution < -0.4 is 10.2 Å². The van der Waals surface area contributed by atoms with Gasteiger partial charge in [-0.25, -0.2) is 9.69 Å². The Morgan fingerprint density at radius 1 is 1.07 bits per heavy atom. The van der Waals surface area contributed by atoms with Gasteiger partial charge in [-0.05, 0) is 44.0 Å². The molecular formula is C22H21ClN2O4. The van der Waals surface area contributed by atoms with E-state index in [1.165, 1.54) is 12.1 Å². The van der Waals surface area contributed by atoms with Crippen molar-refractivity contribution in [3.05, 3.63) is 70.4 Å². The fourth-order valence-electron chi connectivity index (χ4n) is 3.03. The number of carbonyl (C=O) groups excluding carboxylic acids is 3. The first kappa shape index (κ1) is 20.6. The van der Waals surface area contributed by atoms with E-state index in [0.29, 0.717) is 5.69 Å². The molecule has 0 saturated carbocycles. The third-order valence-electron chi connectivity index (χ3n) is 4.39. The Morgan fingerprint density at radius 3 is 2.41 bits per heavy atom. The lowest BCUT2D eigenvalue weighted by Gasteiger charge is -2.19. The van der Waals surface area contributed by atoms with Gasteiger partial charge in [-0.2, -0.15) is 0 Å². The molecule has 0 aliphatic carbocycles. The molecule has 2 aromatic rings. The molecule has 0 unspecified atom stereocenters. The first-order valence-corrected chi connectivity index (χ1v) is 9.66. The molecule has 3 rings (SSSR count). The molecule has 29 heavy (non-hydrogen) atoms. The molecule has 0 aromatic heterocycles. The topological polar surface area (TPSA) is 75.7 Å². The molecule has 0 radical (unpaired) electrons. The molecule has 0 saturated heterocycles. The number of hydrogen-bond donors (Lipinski definition) is 1. The van der Waals surface area contributed by atoms with Crippen molar-refractivity contribution >= 4 is 40.8 Å². The molecule has 1 N–H and O–H groups in total. The third kappa shape index (κ3) is 4.03. The van der Waals surface area contributed by atoms with Crippen LogP contribution in [0.15, 0.2) is 59.3 Å². The number of amides is 2. The van der Waals surface area contributed by atoms with Gasteiger partial charge in [-0.1, -0.05) is 48.9 Å². The van der Waals surface area contributed by atoms with E-state index in [4.69, 9.17) is 16.3 Å². The fourth-order valence-corrected chi connectivity index (χ4v) is 3.25. The number of nitrogens with one attached hydrogen (secondary N) is 1. The van der Waals surface area contributed by atoms with Crippen LogP contribution in [0, 0.1) is 0 Å². The molecule has 0 bridgehead atoms. The van der Waals surface area contributed by atoms with E-state index in [2.05, 4.69) is 5.32 Å². The fraction of sp³-hybridized carbons (Fsp3) is 0.227. The van der Waals surface area contributed by atoms with Gasteiger partial charge in [0.2, 0.25) is 0 Å². The van der Waals surface area contributed by atoms with Gasteiger partial charge in [0, 0.05) is 5.69 Å². The number of aryl methyl sites for hydroxylation is 1. The number of nitrogens with zero attached hydrogens (tertiary/aromatic N) is 1. The van der Waals surface area contributed by atoms with Gasteiger partial charge >= 0.3 is 5.97 Å². The smallest absolute Gasteiger partial charge is 0.340 e. The average Bonchev–Trinajstić information content (AvgIpc) is 2.91. The van der Waals surface area contributed by atoms with E-state index in [0.717, 1.165) is 16.9 Å². The van der Waals surface area contributed by atoms with Crippen LogP contribution in [-0.4, -0.2) is 23.9 Å². The number of benzene rings is 2. The molecule has 7 heteroatoms. The predicted molar refractivity (Wildman–Crippen MR) is 112 cm³/mol. The number of imide groups is 1. The second kappa shape index (κ2) is 8.49. The SMILES string of the molecule is CCc1ccccc1NC1=C(Cl)C(=O)N(c2ccccc2C(=O)OC(C)C)C1=O. The number of esters is 1. The average molecular weight is 413 g/mol.